The van der Waals surface area contributed by atoms with Crippen LogP contribution in [0.4, 0.5) is 0 Å². The molecule has 30 heavy (non-hydrogen) atoms. The fourth-order valence-corrected chi connectivity index (χ4v) is 8.80. The first-order valence-corrected chi connectivity index (χ1v) is 12.1. The Labute approximate surface area is 179 Å². The number of carboxylic acid groups (broad SMARTS) is 1. The van der Waals surface area contributed by atoms with Crippen molar-refractivity contribution in [3.8, 4) is 0 Å². The minimum Gasteiger partial charge on any atom is -0.478 e. The van der Waals surface area contributed by atoms with E-state index in [1.807, 2.05) is 19.1 Å². The molecule has 0 saturated carbocycles. The number of carboxylic acids is 1. The van der Waals surface area contributed by atoms with Crippen LogP contribution >= 0.6 is 0 Å². The zero-order valence-corrected chi connectivity index (χ0v) is 19.0. The van der Waals surface area contributed by atoms with E-state index in [1.54, 1.807) is 18.3 Å². The number of carbonyl (C=O) groups is 1. The molecule has 0 fully saturated rings. The summed E-state index contributed by atoms with van der Waals surface area (Å²) in [5.41, 5.74) is 0.783. The van der Waals surface area contributed by atoms with Crippen LogP contribution in [0.25, 0.3) is 0 Å². The molecule has 1 N–H and O–H groups in total. The number of pyridine rings is 1. The summed E-state index contributed by atoms with van der Waals surface area (Å²) in [6.45, 7) is 8.71. The highest BCUT2D eigenvalue weighted by Crippen LogP contribution is 2.37. The van der Waals surface area contributed by atoms with Crippen LogP contribution in [0.2, 0.25) is 5.04 Å². The third-order valence-electron chi connectivity index (χ3n) is 5.40. The van der Waals surface area contributed by atoms with Gasteiger partial charge in [0.1, 0.15) is 0 Å². The summed E-state index contributed by atoms with van der Waals surface area (Å²) >= 11 is 0. The molecule has 0 aliphatic heterocycles. The molecule has 3 rings (SSSR count). The SMILES string of the molecule is CC(Cc1ncccc1C(=O)O)O[Si](c1ccccc1)(c1ccccc1)C(C)(C)C. The quantitative estimate of drug-likeness (QED) is 0.581. The molecule has 1 heterocycles. The average Bonchev–Trinajstić information content (AvgIpc) is 2.72. The maximum absolute atomic E-state index is 11.6. The number of hydrogen-bond donors (Lipinski definition) is 1. The fourth-order valence-electron chi connectivity index (χ4n) is 4.10. The normalized spacial score (nSPS) is 13.1. The highest BCUT2D eigenvalue weighted by molar-refractivity contribution is 6.99. The van der Waals surface area contributed by atoms with Gasteiger partial charge < -0.3 is 9.53 Å². The maximum atomic E-state index is 11.6. The van der Waals surface area contributed by atoms with Crippen molar-refractivity contribution < 1.29 is 14.3 Å². The topological polar surface area (TPSA) is 59.4 Å². The number of hydrogen-bond acceptors (Lipinski definition) is 3. The molecular weight excluding hydrogens is 390 g/mol. The standard InChI is InChI=1S/C25H29NO3Si/c1-19(18-23-22(24(27)28)16-11-17-26-23)29-30(25(2,3)4,20-12-7-5-8-13-20)21-14-9-6-10-15-21/h5-17,19H,18H2,1-4H3,(H,27,28). The Morgan fingerprint density at radius 2 is 1.50 bits per heavy atom. The van der Waals surface area contributed by atoms with Gasteiger partial charge in [0.2, 0.25) is 0 Å². The van der Waals surface area contributed by atoms with E-state index < -0.39 is 14.3 Å². The van der Waals surface area contributed by atoms with Gasteiger partial charge in [-0.15, -0.1) is 0 Å². The van der Waals surface area contributed by atoms with E-state index in [4.69, 9.17) is 4.43 Å². The summed E-state index contributed by atoms with van der Waals surface area (Å²) in [7, 11) is -2.69. The van der Waals surface area contributed by atoms with Crippen molar-refractivity contribution in [3.63, 3.8) is 0 Å². The minimum absolute atomic E-state index is 0.135. The van der Waals surface area contributed by atoms with Crippen LogP contribution in [-0.2, 0) is 10.8 Å². The molecule has 4 nitrogen and oxygen atoms in total. The molecule has 0 bridgehead atoms. The summed E-state index contributed by atoms with van der Waals surface area (Å²) in [5.74, 6) is -0.962. The molecule has 1 aromatic heterocycles. The third-order valence-corrected chi connectivity index (χ3v) is 10.6. The Morgan fingerprint density at radius 1 is 0.967 bits per heavy atom. The Balaban J connectivity index is 2.07. The molecule has 0 aliphatic rings. The van der Waals surface area contributed by atoms with Gasteiger partial charge in [-0.3, -0.25) is 4.98 Å². The minimum atomic E-state index is -2.69. The first-order valence-electron chi connectivity index (χ1n) is 10.2. The van der Waals surface area contributed by atoms with Gasteiger partial charge in [0, 0.05) is 18.7 Å². The Kier molecular flexibility index (Phi) is 6.54. The molecule has 1 unspecified atom stereocenters. The summed E-state index contributed by atoms with van der Waals surface area (Å²) in [6, 6.07) is 24.1. The highest BCUT2D eigenvalue weighted by atomic mass is 28.4. The van der Waals surface area contributed by atoms with Gasteiger partial charge in [0.05, 0.1) is 11.3 Å². The molecule has 0 amide bonds. The number of aromatic carboxylic acids is 1. The van der Waals surface area contributed by atoms with Gasteiger partial charge in [-0.25, -0.2) is 4.79 Å². The summed E-state index contributed by atoms with van der Waals surface area (Å²) in [4.78, 5) is 16.0. The molecule has 0 saturated heterocycles. The molecule has 5 heteroatoms. The van der Waals surface area contributed by atoms with Gasteiger partial charge in [0.15, 0.2) is 0 Å². The van der Waals surface area contributed by atoms with Gasteiger partial charge in [-0.2, -0.15) is 0 Å². The number of rotatable bonds is 7. The van der Waals surface area contributed by atoms with Crippen LogP contribution in [0.3, 0.4) is 0 Å². The molecule has 0 radical (unpaired) electrons. The lowest BCUT2D eigenvalue weighted by molar-refractivity contribution is 0.0694. The lowest BCUT2D eigenvalue weighted by Crippen LogP contribution is -2.67. The van der Waals surface area contributed by atoms with E-state index in [9.17, 15) is 9.90 Å². The zero-order valence-electron chi connectivity index (χ0n) is 18.0. The van der Waals surface area contributed by atoms with Crippen molar-refractivity contribution in [2.75, 3.05) is 0 Å². The van der Waals surface area contributed by atoms with Crippen molar-refractivity contribution in [1.82, 2.24) is 4.98 Å². The van der Waals surface area contributed by atoms with Crippen molar-refractivity contribution in [1.29, 1.82) is 0 Å². The number of aromatic nitrogens is 1. The van der Waals surface area contributed by atoms with E-state index in [0.717, 1.165) is 0 Å². The number of benzene rings is 2. The van der Waals surface area contributed by atoms with E-state index in [-0.39, 0.29) is 16.7 Å². The van der Waals surface area contributed by atoms with Crippen molar-refractivity contribution in [3.05, 3.63) is 90.3 Å². The first-order chi connectivity index (χ1) is 14.3. The van der Waals surface area contributed by atoms with Crippen LogP contribution in [0.5, 0.6) is 0 Å². The molecule has 3 aromatic rings. The van der Waals surface area contributed by atoms with Gasteiger partial charge in [0.25, 0.3) is 8.32 Å². The average molecular weight is 420 g/mol. The van der Waals surface area contributed by atoms with Crippen molar-refractivity contribution in [2.45, 2.75) is 45.3 Å². The van der Waals surface area contributed by atoms with Crippen LogP contribution in [-0.4, -0.2) is 30.5 Å². The predicted molar refractivity (Wildman–Crippen MR) is 123 cm³/mol. The third kappa shape index (κ3) is 4.37. The fraction of sp³-hybridized carbons (Fsp3) is 0.280. The van der Waals surface area contributed by atoms with Gasteiger partial charge >= 0.3 is 5.97 Å². The van der Waals surface area contributed by atoms with E-state index in [0.29, 0.717) is 12.1 Å². The van der Waals surface area contributed by atoms with Gasteiger partial charge in [-0.05, 0) is 34.5 Å². The van der Waals surface area contributed by atoms with Crippen LogP contribution in [0.15, 0.2) is 79.0 Å². The molecule has 1 atom stereocenters. The van der Waals surface area contributed by atoms with Crippen molar-refractivity contribution in [2.24, 2.45) is 0 Å². The highest BCUT2D eigenvalue weighted by Gasteiger charge is 2.51. The lowest BCUT2D eigenvalue weighted by Gasteiger charge is -2.44. The molecular formula is C25H29NO3Si. The lowest BCUT2D eigenvalue weighted by atomic mass is 10.1. The molecule has 156 valence electrons. The summed E-state index contributed by atoms with van der Waals surface area (Å²) in [5, 5.41) is 11.8. The van der Waals surface area contributed by atoms with Crippen LogP contribution in [0, 0.1) is 0 Å². The Hall–Kier alpha value is -2.76. The summed E-state index contributed by atoms with van der Waals surface area (Å²) in [6.07, 6.45) is 1.87. The van der Waals surface area contributed by atoms with E-state index in [2.05, 4.69) is 74.3 Å². The molecule has 0 aliphatic carbocycles. The summed E-state index contributed by atoms with van der Waals surface area (Å²) < 4.78 is 7.02. The largest absolute Gasteiger partial charge is 0.478 e. The predicted octanol–water partition coefficient (Wildman–Crippen LogP) is 4.29. The van der Waals surface area contributed by atoms with E-state index in [1.165, 1.54) is 10.4 Å². The Morgan fingerprint density at radius 3 is 1.97 bits per heavy atom. The van der Waals surface area contributed by atoms with Crippen LogP contribution in [0.1, 0.15) is 43.7 Å². The first kappa shape index (κ1) is 21.9. The second-order valence-electron chi connectivity index (χ2n) is 8.60. The second kappa shape index (κ2) is 8.94. The van der Waals surface area contributed by atoms with Crippen molar-refractivity contribution >= 4 is 24.7 Å². The smallest absolute Gasteiger partial charge is 0.337 e. The molecule has 2 aromatic carbocycles. The zero-order chi connectivity index (χ0) is 21.8. The van der Waals surface area contributed by atoms with Gasteiger partial charge in [-0.1, -0.05) is 81.4 Å². The maximum Gasteiger partial charge on any atom is 0.337 e. The molecule has 0 spiro atoms. The monoisotopic (exact) mass is 419 g/mol. The van der Waals surface area contributed by atoms with E-state index >= 15 is 0 Å². The second-order valence-corrected chi connectivity index (χ2v) is 12.9. The number of nitrogens with zero attached hydrogens (tertiary/aromatic N) is 1. The Bertz CT molecular complexity index is 945. The van der Waals surface area contributed by atoms with Crippen LogP contribution < -0.4 is 10.4 Å².